The fraction of sp³-hybridized carbons (Fsp3) is 0.818. The summed E-state index contributed by atoms with van der Waals surface area (Å²) in [7, 11) is 1.70. The fourth-order valence-corrected chi connectivity index (χ4v) is 2.32. The summed E-state index contributed by atoms with van der Waals surface area (Å²) in [6, 6.07) is -0.249. The molecule has 0 aliphatic heterocycles. The number of tetrazole rings is 1. The third-order valence-electron chi connectivity index (χ3n) is 3.63. The van der Waals surface area contributed by atoms with Gasteiger partial charge in [-0.3, -0.25) is 4.79 Å². The molecule has 1 aliphatic rings. The second kappa shape index (κ2) is 5.01. The van der Waals surface area contributed by atoms with Gasteiger partial charge in [-0.05, 0) is 36.6 Å². The van der Waals surface area contributed by atoms with Crippen LogP contribution in [0.3, 0.4) is 0 Å². The first-order valence-electron chi connectivity index (χ1n) is 6.10. The minimum Gasteiger partial charge on any atom is -0.481 e. The predicted octanol–water partition coefficient (Wildman–Crippen LogP) is 0.820. The topological polar surface area (TPSA) is 90.1 Å². The van der Waals surface area contributed by atoms with E-state index in [4.69, 9.17) is 9.84 Å². The van der Waals surface area contributed by atoms with Crippen molar-refractivity contribution in [2.45, 2.75) is 50.7 Å². The van der Waals surface area contributed by atoms with E-state index < -0.39 is 5.97 Å². The van der Waals surface area contributed by atoms with Gasteiger partial charge in [0.2, 0.25) is 0 Å². The molecule has 1 heterocycles. The van der Waals surface area contributed by atoms with Crippen molar-refractivity contribution in [1.29, 1.82) is 0 Å². The molecule has 1 atom stereocenters. The van der Waals surface area contributed by atoms with Crippen LogP contribution in [-0.4, -0.2) is 44.0 Å². The highest BCUT2D eigenvalue weighted by Gasteiger charge is 2.39. The maximum atomic E-state index is 10.7. The van der Waals surface area contributed by atoms with E-state index in [1.807, 2.05) is 0 Å². The lowest BCUT2D eigenvalue weighted by Gasteiger charge is -2.40. The summed E-state index contributed by atoms with van der Waals surface area (Å²) in [6.45, 7) is 1.80. The van der Waals surface area contributed by atoms with Crippen molar-refractivity contribution >= 4 is 5.97 Å². The van der Waals surface area contributed by atoms with Crippen molar-refractivity contribution in [1.82, 2.24) is 20.2 Å². The lowest BCUT2D eigenvalue weighted by atomic mass is 9.77. The zero-order valence-electron chi connectivity index (χ0n) is 10.7. The molecule has 100 valence electrons. The number of carboxylic acids is 1. The number of hydrogen-bond acceptors (Lipinski definition) is 5. The van der Waals surface area contributed by atoms with Crippen LogP contribution in [0, 0.1) is 0 Å². The molecule has 0 aromatic carbocycles. The molecule has 7 nitrogen and oxygen atoms in total. The van der Waals surface area contributed by atoms with Crippen LogP contribution in [0.4, 0.5) is 0 Å². The van der Waals surface area contributed by atoms with Crippen LogP contribution in [0.25, 0.3) is 0 Å². The van der Waals surface area contributed by atoms with E-state index in [1.54, 1.807) is 18.7 Å². The Balaban J connectivity index is 2.10. The van der Waals surface area contributed by atoms with E-state index in [1.165, 1.54) is 0 Å². The number of carbonyl (C=O) groups is 1. The van der Waals surface area contributed by atoms with Crippen LogP contribution >= 0.6 is 0 Å². The molecule has 7 heteroatoms. The third-order valence-corrected chi connectivity index (χ3v) is 3.63. The molecule has 0 radical (unpaired) electrons. The van der Waals surface area contributed by atoms with E-state index in [2.05, 4.69) is 15.5 Å². The molecule has 0 bridgehead atoms. The van der Waals surface area contributed by atoms with Crippen LogP contribution in [0.1, 0.15) is 44.5 Å². The summed E-state index contributed by atoms with van der Waals surface area (Å²) in [5.74, 6) is -0.153. The van der Waals surface area contributed by atoms with Crippen LogP contribution in [0.2, 0.25) is 0 Å². The van der Waals surface area contributed by atoms with Gasteiger partial charge in [0.05, 0.1) is 18.1 Å². The Morgan fingerprint density at radius 3 is 2.83 bits per heavy atom. The van der Waals surface area contributed by atoms with Crippen molar-refractivity contribution in [2.75, 3.05) is 7.11 Å². The van der Waals surface area contributed by atoms with E-state index >= 15 is 0 Å². The van der Waals surface area contributed by atoms with Gasteiger partial charge in [-0.15, -0.1) is 5.10 Å². The Morgan fingerprint density at radius 2 is 2.33 bits per heavy atom. The molecule has 0 amide bonds. The molecule has 1 unspecified atom stereocenters. The van der Waals surface area contributed by atoms with Gasteiger partial charge in [0.25, 0.3) is 0 Å². The summed E-state index contributed by atoms with van der Waals surface area (Å²) in [5, 5.41) is 20.3. The number of methoxy groups -OCH3 is 1. The number of hydrogen-bond donors (Lipinski definition) is 1. The molecule has 1 saturated carbocycles. The van der Waals surface area contributed by atoms with E-state index in [0.29, 0.717) is 12.2 Å². The lowest BCUT2D eigenvalue weighted by molar-refractivity contribution is -0.137. The molecule has 18 heavy (non-hydrogen) atoms. The SMILES string of the molecule is COC1(Cc2nnnn2C(C)CC(=O)O)CCC1. The Morgan fingerprint density at radius 1 is 1.61 bits per heavy atom. The molecule has 0 saturated heterocycles. The first-order chi connectivity index (χ1) is 8.56. The van der Waals surface area contributed by atoms with Crippen LogP contribution in [0.15, 0.2) is 0 Å². The van der Waals surface area contributed by atoms with E-state index in [-0.39, 0.29) is 18.1 Å². The smallest absolute Gasteiger partial charge is 0.305 e. The summed E-state index contributed by atoms with van der Waals surface area (Å²) >= 11 is 0. The Bertz CT molecular complexity index is 422. The highest BCUT2D eigenvalue weighted by molar-refractivity contribution is 5.67. The fourth-order valence-electron chi connectivity index (χ4n) is 2.32. The molecule has 1 N–H and O–H groups in total. The van der Waals surface area contributed by atoms with Crippen molar-refractivity contribution < 1.29 is 14.6 Å². The molecule has 0 spiro atoms. The minimum absolute atomic E-state index is 0.0119. The zero-order valence-corrected chi connectivity index (χ0v) is 10.7. The van der Waals surface area contributed by atoms with Gasteiger partial charge in [-0.2, -0.15) is 0 Å². The lowest BCUT2D eigenvalue weighted by Crippen LogP contribution is -2.42. The van der Waals surface area contributed by atoms with Crippen LogP contribution in [0.5, 0.6) is 0 Å². The summed E-state index contributed by atoms with van der Waals surface area (Å²) < 4.78 is 7.13. The normalized spacial score (nSPS) is 19.2. The summed E-state index contributed by atoms with van der Waals surface area (Å²) in [4.78, 5) is 10.7. The number of nitrogens with zero attached hydrogens (tertiary/aromatic N) is 4. The maximum absolute atomic E-state index is 10.7. The first kappa shape index (κ1) is 12.9. The molecular formula is C11H18N4O3. The largest absolute Gasteiger partial charge is 0.481 e. The van der Waals surface area contributed by atoms with Gasteiger partial charge in [0.1, 0.15) is 0 Å². The highest BCUT2D eigenvalue weighted by atomic mass is 16.5. The van der Waals surface area contributed by atoms with Crippen LogP contribution < -0.4 is 0 Å². The van der Waals surface area contributed by atoms with Gasteiger partial charge in [-0.25, -0.2) is 4.68 Å². The highest BCUT2D eigenvalue weighted by Crippen LogP contribution is 2.37. The zero-order chi connectivity index (χ0) is 13.2. The number of ether oxygens (including phenoxy) is 1. The maximum Gasteiger partial charge on any atom is 0.305 e. The summed E-state index contributed by atoms with van der Waals surface area (Å²) in [6.07, 6.45) is 3.81. The van der Waals surface area contributed by atoms with Crippen molar-refractivity contribution in [3.63, 3.8) is 0 Å². The van der Waals surface area contributed by atoms with Gasteiger partial charge < -0.3 is 9.84 Å². The summed E-state index contributed by atoms with van der Waals surface area (Å²) in [5.41, 5.74) is -0.157. The number of rotatable bonds is 6. The first-order valence-corrected chi connectivity index (χ1v) is 6.10. The third kappa shape index (κ3) is 2.50. The molecule has 2 rings (SSSR count). The van der Waals surface area contributed by atoms with Gasteiger partial charge in [0.15, 0.2) is 5.82 Å². The van der Waals surface area contributed by atoms with Gasteiger partial charge in [-0.1, -0.05) is 0 Å². The number of aliphatic carboxylic acids is 1. The number of carboxylic acid groups (broad SMARTS) is 1. The van der Waals surface area contributed by atoms with Gasteiger partial charge >= 0.3 is 5.97 Å². The average molecular weight is 254 g/mol. The van der Waals surface area contributed by atoms with Crippen molar-refractivity contribution in [3.8, 4) is 0 Å². The Kier molecular flexibility index (Phi) is 3.60. The Labute approximate surface area is 105 Å². The molecule has 1 aromatic rings. The van der Waals surface area contributed by atoms with Gasteiger partial charge in [0, 0.05) is 13.5 Å². The number of aromatic nitrogens is 4. The van der Waals surface area contributed by atoms with Crippen molar-refractivity contribution in [3.05, 3.63) is 5.82 Å². The minimum atomic E-state index is -0.853. The average Bonchev–Trinajstić information content (AvgIpc) is 2.70. The van der Waals surface area contributed by atoms with Crippen molar-refractivity contribution in [2.24, 2.45) is 0 Å². The van der Waals surface area contributed by atoms with Crippen LogP contribution in [-0.2, 0) is 16.0 Å². The predicted molar refractivity (Wildman–Crippen MR) is 62.1 cm³/mol. The standard InChI is InChI=1S/C11H18N4O3/c1-8(6-10(16)17)15-9(12-13-14-15)7-11(18-2)4-3-5-11/h8H,3-7H2,1-2H3,(H,16,17). The molecule has 1 fully saturated rings. The molecule has 1 aliphatic carbocycles. The van der Waals surface area contributed by atoms with E-state index in [9.17, 15) is 4.79 Å². The van der Waals surface area contributed by atoms with E-state index in [0.717, 1.165) is 19.3 Å². The Hall–Kier alpha value is -1.50. The molecule has 1 aromatic heterocycles. The second-order valence-corrected chi connectivity index (χ2v) is 4.90. The second-order valence-electron chi connectivity index (χ2n) is 4.90. The molecular weight excluding hydrogens is 236 g/mol. The monoisotopic (exact) mass is 254 g/mol. The quantitative estimate of drug-likeness (QED) is 0.808.